The number of piperazine rings is 1. The number of rotatable bonds is 3. The number of nitrogens with one attached hydrogen (secondary N) is 1. The minimum atomic E-state index is 0.764. The SMILES string of the molecule is CC1Cc2cccc(CCN3CCNCC3)c2S1. The van der Waals surface area contributed by atoms with Crippen molar-refractivity contribution in [3.8, 4) is 0 Å². The van der Waals surface area contributed by atoms with Crippen molar-refractivity contribution in [1.82, 2.24) is 10.2 Å². The van der Waals surface area contributed by atoms with Gasteiger partial charge >= 0.3 is 0 Å². The van der Waals surface area contributed by atoms with Gasteiger partial charge in [-0.2, -0.15) is 0 Å². The second-order valence-corrected chi connectivity index (χ2v) is 6.83. The molecule has 0 spiro atoms. The van der Waals surface area contributed by atoms with E-state index in [1.807, 2.05) is 0 Å². The van der Waals surface area contributed by atoms with Crippen LogP contribution in [0.4, 0.5) is 0 Å². The molecule has 2 aliphatic rings. The molecule has 3 rings (SSSR count). The maximum Gasteiger partial charge on any atom is 0.0140 e. The predicted octanol–water partition coefficient (Wildman–Crippen LogP) is 2.17. The Kier molecular flexibility index (Phi) is 3.92. The standard InChI is InChI=1S/C15H22N2S/c1-12-11-14-4-2-3-13(15(14)18-12)5-8-17-9-6-16-7-10-17/h2-4,12,16H,5-11H2,1H3. The van der Waals surface area contributed by atoms with Crippen LogP contribution in [0.3, 0.4) is 0 Å². The minimum absolute atomic E-state index is 0.764. The molecule has 1 fully saturated rings. The lowest BCUT2D eigenvalue weighted by atomic mass is 10.0. The Labute approximate surface area is 114 Å². The molecule has 18 heavy (non-hydrogen) atoms. The second kappa shape index (κ2) is 5.64. The Hall–Kier alpha value is -0.510. The lowest BCUT2D eigenvalue weighted by Crippen LogP contribution is -2.44. The van der Waals surface area contributed by atoms with E-state index in [0.29, 0.717) is 0 Å². The zero-order valence-electron chi connectivity index (χ0n) is 11.1. The van der Waals surface area contributed by atoms with E-state index in [0.717, 1.165) is 18.3 Å². The number of hydrogen-bond donors (Lipinski definition) is 1. The summed E-state index contributed by atoms with van der Waals surface area (Å²) in [5.41, 5.74) is 3.14. The fraction of sp³-hybridized carbons (Fsp3) is 0.600. The van der Waals surface area contributed by atoms with Crippen molar-refractivity contribution >= 4 is 11.8 Å². The summed E-state index contributed by atoms with van der Waals surface area (Å²) in [6, 6.07) is 6.87. The molecule has 0 amide bonds. The van der Waals surface area contributed by atoms with Crippen LogP contribution in [0.5, 0.6) is 0 Å². The smallest absolute Gasteiger partial charge is 0.0140 e. The highest BCUT2D eigenvalue weighted by atomic mass is 32.2. The summed E-state index contributed by atoms with van der Waals surface area (Å²) in [5.74, 6) is 0. The fourth-order valence-corrected chi connectivity index (χ4v) is 4.20. The summed E-state index contributed by atoms with van der Waals surface area (Å²) in [4.78, 5) is 4.17. The summed E-state index contributed by atoms with van der Waals surface area (Å²) in [6.45, 7) is 8.27. The van der Waals surface area contributed by atoms with Crippen LogP contribution in [-0.4, -0.2) is 42.9 Å². The molecule has 2 heterocycles. The average molecular weight is 262 g/mol. The van der Waals surface area contributed by atoms with Crippen molar-refractivity contribution in [2.24, 2.45) is 0 Å². The molecule has 1 saturated heterocycles. The van der Waals surface area contributed by atoms with Crippen LogP contribution in [0.2, 0.25) is 0 Å². The van der Waals surface area contributed by atoms with Crippen molar-refractivity contribution in [1.29, 1.82) is 0 Å². The number of thioether (sulfide) groups is 1. The van der Waals surface area contributed by atoms with E-state index in [-0.39, 0.29) is 0 Å². The highest BCUT2D eigenvalue weighted by Gasteiger charge is 2.21. The van der Waals surface area contributed by atoms with Gasteiger partial charge < -0.3 is 10.2 Å². The molecule has 0 bridgehead atoms. The lowest BCUT2D eigenvalue weighted by Gasteiger charge is -2.27. The molecule has 0 radical (unpaired) electrons. The molecule has 1 unspecified atom stereocenters. The first-order valence-electron chi connectivity index (χ1n) is 7.03. The Bertz CT molecular complexity index is 413. The van der Waals surface area contributed by atoms with Crippen LogP contribution in [0.25, 0.3) is 0 Å². The minimum Gasteiger partial charge on any atom is -0.314 e. The number of fused-ring (bicyclic) bond motifs is 1. The first-order chi connectivity index (χ1) is 8.83. The third-order valence-electron chi connectivity index (χ3n) is 3.91. The summed E-state index contributed by atoms with van der Waals surface area (Å²) in [5, 5.41) is 4.18. The molecule has 1 aromatic rings. The van der Waals surface area contributed by atoms with Gasteiger partial charge in [0, 0.05) is 42.9 Å². The first-order valence-corrected chi connectivity index (χ1v) is 7.91. The largest absolute Gasteiger partial charge is 0.314 e. The van der Waals surface area contributed by atoms with Crippen LogP contribution in [0, 0.1) is 0 Å². The molecule has 1 aromatic carbocycles. The quantitative estimate of drug-likeness (QED) is 0.899. The van der Waals surface area contributed by atoms with Gasteiger partial charge in [-0.05, 0) is 24.0 Å². The molecule has 1 N–H and O–H groups in total. The lowest BCUT2D eigenvalue weighted by molar-refractivity contribution is 0.243. The van der Waals surface area contributed by atoms with Crippen molar-refractivity contribution in [3.63, 3.8) is 0 Å². The van der Waals surface area contributed by atoms with Gasteiger partial charge in [0.25, 0.3) is 0 Å². The van der Waals surface area contributed by atoms with Crippen LogP contribution < -0.4 is 5.32 Å². The Morgan fingerprint density at radius 3 is 3.00 bits per heavy atom. The fourth-order valence-electron chi connectivity index (χ4n) is 2.91. The van der Waals surface area contributed by atoms with E-state index in [1.165, 1.54) is 32.5 Å². The summed E-state index contributed by atoms with van der Waals surface area (Å²) >= 11 is 2.07. The van der Waals surface area contributed by atoms with Crippen LogP contribution in [0.1, 0.15) is 18.1 Å². The Morgan fingerprint density at radius 2 is 2.17 bits per heavy atom. The molecular formula is C15H22N2S. The van der Waals surface area contributed by atoms with E-state index in [2.05, 4.69) is 47.1 Å². The Morgan fingerprint density at radius 1 is 1.33 bits per heavy atom. The third-order valence-corrected chi connectivity index (χ3v) is 5.24. The van der Waals surface area contributed by atoms with E-state index >= 15 is 0 Å². The maximum absolute atomic E-state index is 3.41. The molecular weight excluding hydrogens is 240 g/mol. The van der Waals surface area contributed by atoms with Crippen LogP contribution in [0.15, 0.2) is 23.1 Å². The zero-order chi connectivity index (χ0) is 12.4. The Balaban J connectivity index is 1.64. The van der Waals surface area contributed by atoms with Gasteiger partial charge in [-0.25, -0.2) is 0 Å². The van der Waals surface area contributed by atoms with Gasteiger partial charge in [-0.3, -0.25) is 0 Å². The average Bonchev–Trinajstić information content (AvgIpc) is 2.78. The van der Waals surface area contributed by atoms with E-state index < -0.39 is 0 Å². The predicted molar refractivity (Wildman–Crippen MR) is 78.5 cm³/mol. The van der Waals surface area contributed by atoms with Gasteiger partial charge in [0.1, 0.15) is 0 Å². The topological polar surface area (TPSA) is 15.3 Å². The normalized spacial score (nSPS) is 24.2. The highest BCUT2D eigenvalue weighted by molar-refractivity contribution is 8.00. The summed E-state index contributed by atoms with van der Waals surface area (Å²) < 4.78 is 0. The zero-order valence-corrected chi connectivity index (χ0v) is 11.9. The van der Waals surface area contributed by atoms with E-state index in [9.17, 15) is 0 Å². The summed E-state index contributed by atoms with van der Waals surface area (Å²) in [6.07, 6.45) is 2.46. The maximum atomic E-state index is 3.41. The molecule has 0 aliphatic carbocycles. The van der Waals surface area contributed by atoms with Gasteiger partial charge in [-0.1, -0.05) is 25.1 Å². The molecule has 0 saturated carbocycles. The molecule has 0 aromatic heterocycles. The molecule has 98 valence electrons. The molecule has 2 aliphatic heterocycles. The third kappa shape index (κ3) is 2.73. The van der Waals surface area contributed by atoms with Crippen molar-refractivity contribution < 1.29 is 0 Å². The van der Waals surface area contributed by atoms with Crippen molar-refractivity contribution in [2.45, 2.75) is 29.9 Å². The monoisotopic (exact) mass is 262 g/mol. The van der Waals surface area contributed by atoms with Crippen molar-refractivity contribution in [3.05, 3.63) is 29.3 Å². The highest BCUT2D eigenvalue weighted by Crippen LogP contribution is 2.39. The molecule has 2 nitrogen and oxygen atoms in total. The van der Waals surface area contributed by atoms with Crippen LogP contribution in [-0.2, 0) is 12.8 Å². The van der Waals surface area contributed by atoms with Crippen LogP contribution >= 0.6 is 11.8 Å². The number of hydrogen-bond acceptors (Lipinski definition) is 3. The van der Waals surface area contributed by atoms with Gasteiger partial charge in [-0.15, -0.1) is 11.8 Å². The number of benzene rings is 1. The van der Waals surface area contributed by atoms with Crippen molar-refractivity contribution in [2.75, 3.05) is 32.7 Å². The van der Waals surface area contributed by atoms with E-state index in [4.69, 9.17) is 0 Å². The van der Waals surface area contributed by atoms with Gasteiger partial charge in [0.15, 0.2) is 0 Å². The second-order valence-electron chi connectivity index (χ2n) is 5.38. The summed E-state index contributed by atoms with van der Waals surface area (Å²) in [7, 11) is 0. The van der Waals surface area contributed by atoms with E-state index in [1.54, 1.807) is 16.0 Å². The molecule has 1 atom stereocenters. The van der Waals surface area contributed by atoms with Gasteiger partial charge in [0.05, 0.1) is 0 Å². The molecule has 3 heteroatoms. The van der Waals surface area contributed by atoms with Gasteiger partial charge in [0.2, 0.25) is 0 Å². The number of nitrogens with zero attached hydrogens (tertiary/aromatic N) is 1. The first kappa shape index (κ1) is 12.5.